The summed E-state index contributed by atoms with van der Waals surface area (Å²) in [6.45, 7) is 0. The second-order valence-electron chi connectivity index (χ2n) is 6.02. The van der Waals surface area contributed by atoms with E-state index in [1.807, 2.05) is 68.0 Å². The number of rotatable bonds is 3. The van der Waals surface area contributed by atoms with Crippen molar-refractivity contribution in [1.29, 1.82) is 0 Å². The summed E-state index contributed by atoms with van der Waals surface area (Å²) in [7, 11) is 2.01. The van der Waals surface area contributed by atoms with Crippen LogP contribution in [0.5, 0.6) is 0 Å². The van der Waals surface area contributed by atoms with E-state index in [1.54, 1.807) is 0 Å². The number of hydrogen-bond acceptors (Lipinski definition) is 2. The lowest BCUT2D eigenvalue weighted by atomic mass is 10.0. The molecule has 1 saturated heterocycles. The van der Waals surface area contributed by atoms with Gasteiger partial charge in [0.1, 0.15) is 0 Å². The van der Waals surface area contributed by atoms with Crippen molar-refractivity contribution in [1.82, 2.24) is 19.8 Å². The van der Waals surface area contributed by atoms with Gasteiger partial charge in [0.15, 0.2) is 5.11 Å². The van der Waals surface area contributed by atoms with Crippen molar-refractivity contribution >= 4 is 28.9 Å². The summed E-state index contributed by atoms with van der Waals surface area (Å²) in [5, 5.41) is 4.84. The van der Waals surface area contributed by atoms with Crippen LogP contribution in [0.25, 0.3) is 5.69 Å². The van der Waals surface area contributed by atoms with Gasteiger partial charge in [-0.2, -0.15) is 0 Å². The van der Waals surface area contributed by atoms with Gasteiger partial charge in [-0.3, -0.25) is 4.98 Å². The van der Waals surface area contributed by atoms with Crippen molar-refractivity contribution in [2.45, 2.75) is 12.1 Å². The first-order valence-corrected chi connectivity index (χ1v) is 8.81. The van der Waals surface area contributed by atoms with Crippen molar-refractivity contribution < 1.29 is 0 Å². The first-order valence-electron chi connectivity index (χ1n) is 8.02. The molecule has 2 atom stereocenters. The summed E-state index contributed by atoms with van der Waals surface area (Å²) in [5.74, 6) is 0. The van der Waals surface area contributed by atoms with E-state index in [4.69, 9.17) is 23.8 Å². The largest absolute Gasteiger partial charge is 0.352 e. The van der Waals surface area contributed by atoms with Gasteiger partial charge in [0, 0.05) is 35.8 Å². The monoisotopic (exact) mass is 368 g/mol. The Bertz CT molecular complexity index is 909. The van der Waals surface area contributed by atoms with Gasteiger partial charge >= 0.3 is 0 Å². The molecule has 0 unspecified atom stereocenters. The third-order valence-electron chi connectivity index (χ3n) is 4.51. The number of likely N-dealkylation sites (N-methyl/N-ethyl adjacent to an activating group) is 1. The van der Waals surface area contributed by atoms with E-state index in [0.29, 0.717) is 5.02 Å². The van der Waals surface area contributed by atoms with Crippen molar-refractivity contribution in [3.63, 3.8) is 0 Å². The third-order valence-corrected chi connectivity index (χ3v) is 5.15. The van der Waals surface area contributed by atoms with Gasteiger partial charge in [0.25, 0.3) is 0 Å². The number of aromatic nitrogens is 2. The molecular formula is C19H17ClN4S. The molecule has 6 heteroatoms. The summed E-state index contributed by atoms with van der Waals surface area (Å²) < 4.78 is 2.15. The Kier molecular flexibility index (Phi) is 4.19. The van der Waals surface area contributed by atoms with E-state index in [2.05, 4.69) is 25.8 Å². The summed E-state index contributed by atoms with van der Waals surface area (Å²) in [6.07, 6.45) is 3.86. The fourth-order valence-electron chi connectivity index (χ4n) is 3.32. The molecule has 25 heavy (non-hydrogen) atoms. The maximum absolute atomic E-state index is 6.18. The molecule has 0 radical (unpaired) electrons. The van der Waals surface area contributed by atoms with E-state index < -0.39 is 0 Å². The van der Waals surface area contributed by atoms with E-state index in [0.717, 1.165) is 22.2 Å². The SMILES string of the molecule is CN1C(=S)N[C@@H](c2ccccn2)[C@H]1c1cccn1-c1cccc(Cl)c1. The molecule has 4 rings (SSSR count). The molecule has 1 N–H and O–H groups in total. The predicted octanol–water partition coefficient (Wildman–Crippen LogP) is 4.13. The smallest absolute Gasteiger partial charge is 0.169 e. The van der Waals surface area contributed by atoms with Crippen LogP contribution in [0, 0.1) is 0 Å². The fourth-order valence-corrected chi connectivity index (χ4v) is 3.75. The zero-order valence-corrected chi connectivity index (χ0v) is 15.2. The minimum atomic E-state index is -0.00784. The first kappa shape index (κ1) is 16.1. The molecule has 1 aromatic carbocycles. The lowest BCUT2D eigenvalue weighted by Crippen LogP contribution is -2.25. The third kappa shape index (κ3) is 2.90. The van der Waals surface area contributed by atoms with Crippen molar-refractivity contribution in [2.24, 2.45) is 0 Å². The molecule has 0 spiro atoms. The molecule has 0 bridgehead atoms. The van der Waals surface area contributed by atoms with Crippen molar-refractivity contribution in [2.75, 3.05) is 7.05 Å². The van der Waals surface area contributed by atoms with Gasteiger partial charge < -0.3 is 14.8 Å². The molecule has 126 valence electrons. The molecule has 3 heterocycles. The average Bonchev–Trinajstić information content (AvgIpc) is 3.21. The molecule has 2 aromatic heterocycles. The number of thiocarbonyl (C=S) groups is 1. The van der Waals surface area contributed by atoms with Crippen LogP contribution in [-0.2, 0) is 0 Å². The van der Waals surface area contributed by atoms with E-state index in [-0.39, 0.29) is 12.1 Å². The van der Waals surface area contributed by atoms with Crippen LogP contribution in [0.4, 0.5) is 0 Å². The molecule has 0 saturated carbocycles. The second-order valence-corrected chi connectivity index (χ2v) is 6.84. The molecule has 1 fully saturated rings. The zero-order chi connectivity index (χ0) is 17.4. The van der Waals surface area contributed by atoms with Crippen LogP contribution in [0.1, 0.15) is 23.5 Å². The Hall–Kier alpha value is -2.37. The molecule has 1 aliphatic rings. The van der Waals surface area contributed by atoms with Crippen LogP contribution < -0.4 is 5.32 Å². The van der Waals surface area contributed by atoms with Crippen LogP contribution in [0.3, 0.4) is 0 Å². The molecule has 0 aliphatic carbocycles. The molecule has 0 amide bonds. The number of halogens is 1. The molecular weight excluding hydrogens is 352 g/mol. The Balaban J connectivity index is 1.80. The Morgan fingerprint density at radius 2 is 2.00 bits per heavy atom. The summed E-state index contributed by atoms with van der Waals surface area (Å²) in [6, 6.07) is 18.0. The van der Waals surface area contributed by atoms with Gasteiger partial charge in [-0.1, -0.05) is 23.7 Å². The van der Waals surface area contributed by atoms with Crippen molar-refractivity contribution in [3.05, 3.63) is 83.4 Å². The second kappa shape index (κ2) is 6.50. The quantitative estimate of drug-likeness (QED) is 0.705. The average molecular weight is 369 g/mol. The van der Waals surface area contributed by atoms with Crippen LogP contribution in [0.2, 0.25) is 5.02 Å². The van der Waals surface area contributed by atoms with Gasteiger partial charge in [-0.15, -0.1) is 0 Å². The van der Waals surface area contributed by atoms with Crippen molar-refractivity contribution in [3.8, 4) is 5.69 Å². The highest BCUT2D eigenvalue weighted by Gasteiger charge is 2.39. The standard InChI is InChI=1S/C19H17ClN4S/c1-23-18(17(22-19(23)25)15-8-2-3-10-21-15)16-9-5-11-24(16)14-7-4-6-13(20)12-14/h2-12,17-18H,1H3,(H,22,25)/t17-,18+/m0/s1. The van der Waals surface area contributed by atoms with Gasteiger partial charge in [0.2, 0.25) is 0 Å². The van der Waals surface area contributed by atoms with Crippen LogP contribution in [0.15, 0.2) is 67.0 Å². The number of nitrogens with zero attached hydrogens (tertiary/aromatic N) is 3. The Morgan fingerprint density at radius 1 is 1.12 bits per heavy atom. The molecule has 1 aliphatic heterocycles. The number of nitrogens with one attached hydrogen (secondary N) is 1. The lowest BCUT2D eigenvalue weighted by Gasteiger charge is -2.25. The highest BCUT2D eigenvalue weighted by atomic mass is 35.5. The summed E-state index contributed by atoms with van der Waals surface area (Å²) in [4.78, 5) is 6.62. The first-order chi connectivity index (χ1) is 12.1. The van der Waals surface area contributed by atoms with Crippen LogP contribution in [-0.4, -0.2) is 26.6 Å². The minimum Gasteiger partial charge on any atom is -0.352 e. The maximum Gasteiger partial charge on any atom is 0.169 e. The van der Waals surface area contributed by atoms with Gasteiger partial charge in [0.05, 0.1) is 17.8 Å². The normalized spacial score (nSPS) is 19.9. The Labute approximate surface area is 157 Å². The Morgan fingerprint density at radius 3 is 2.76 bits per heavy atom. The number of pyridine rings is 1. The highest BCUT2D eigenvalue weighted by molar-refractivity contribution is 7.80. The lowest BCUT2D eigenvalue weighted by molar-refractivity contribution is 0.357. The minimum absolute atomic E-state index is 0.00784. The number of hydrogen-bond donors (Lipinski definition) is 1. The summed E-state index contributed by atoms with van der Waals surface area (Å²) >= 11 is 11.7. The topological polar surface area (TPSA) is 33.1 Å². The van der Waals surface area contributed by atoms with Gasteiger partial charge in [-0.25, -0.2) is 0 Å². The predicted molar refractivity (Wildman–Crippen MR) is 104 cm³/mol. The fraction of sp³-hybridized carbons (Fsp3) is 0.158. The number of benzene rings is 1. The molecule has 4 nitrogen and oxygen atoms in total. The van der Waals surface area contributed by atoms with E-state index in [1.165, 1.54) is 0 Å². The van der Waals surface area contributed by atoms with E-state index in [9.17, 15) is 0 Å². The zero-order valence-electron chi connectivity index (χ0n) is 13.6. The molecule has 3 aromatic rings. The van der Waals surface area contributed by atoms with Crippen LogP contribution >= 0.6 is 23.8 Å². The summed E-state index contributed by atoms with van der Waals surface area (Å²) in [5.41, 5.74) is 3.13. The van der Waals surface area contributed by atoms with E-state index >= 15 is 0 Å². The maximum atomic E-state index is 6.18. The van der Waals surface area contributed by atoms with Gasteiger partial charge in [-0.05, 0) is 54.7 Å². The highest BCUT2D eigenvalue weighted by Crippen LogP contribution is 2.38.